The molecule has 0 fully saturated rings. The Morgan fingerprint density at radius 3 is 2.86 bits per heavy atom. The molecule has 0 aliphatic carbocycles. The largest absolute Gasteiger partial charge is 0.347 e. The van der Waals surface area contributed by atoms with Gasteiger partial charge in [0, 0.05) is 31.1 Å². The normalized spacial score (nSPS) is 18.4. The third-order valence-electron chi connectivity index (χ3n) is 5.61. The maximum absolute atomic E-state index is 13.2. The highest BCUT2D eigenvalue weighted by molar-refractivity contribution is 5.95. The van der Waals surface area contributed by atoms with Gasteiger partial charge in [0.25, 0.3) is 5.91 Å². The molecule has 7 nitrogen and oxygen atoms in total. The highest BCUT2D eigenvalue weighted by atomic mass is 19.1. The van der Waals surface area contributed by atoms with Gasteiger partial charge in [-0.3, -0.25) is 9.48 Å². The number of hydrogen-bond acceptors (Lipinski definition) is 4. The fourth-order valence-electron chi connectivity index (χ4n) is 4.13. The molecule has 4 heterocycles. The lowest BCUT2D eigenvalue weighted by molar-refractivity contribution is 0.0926. The molecule has 0 saturated carbocycles. The summed E-state index contributed by atoms with van der Waals surface area (Å²) in [6.07, 6.45) is 6.36. The summed E-state index contributed by atoms with van der Waals surface area (Å²) in [7, 11) is 0. The van der Waals surface area contributed by atoms with Crippen molar-refractivity contribution in [2.24, 2.45) is 0 Å². The predicted molar refractivity (Wildman–Crippen MR) is 100 cm³/mol. The quantitative estimate of drug-likeness (QED) is 0.757. The molecule has 3 aromatic rings. The van der Waals surface area contributed by atoms with Gasteiger partial charge in [0.15, 0.2) is 5.82 Å². The third-order valence-corrected chi connectivity index (χ3v) is 5.61. The molecule has 1 amide bonds. The average molecular weight is 380 g/mol. The molecule has 0 radical (unpaired) electrons. The average Bonchev–Trinajstić information content (AvgIpc) is 3.32. The molecular formula is C20H21FN6O. The van der Waals surface area contributed by atoms with Crippen molar-refractivity contribution in [2.75, 3.05) is 0 Å². The van der Waals surface area contributed by atoms with Gasteiger partial charge in [0.05, 0.1) is 17.5 Å². The SMILES string of the molecule is O=C(NC1CCc2nnc(-c3ccc(F)cc3)n2C1)c1cnn2c1CCCC2. The van der Waals surface area contributed by atoms with E-state index in [1.54, 1.807) is 18.3 Å². The zero-order chi connectivity index (χ0) is 19.1. The van der Waals surface area contributed by atoms with Gasteiger partial charge in [-0.15, -0.1) is 10.2 Å². The molecule has 8 heteroatoms. The van der Waals surface area contributed by atoms with Crippen LogP contribution in [0.2, 0.25) is 0 Å². The molecule has 28 heavy (non-hydrogen) atoms. The lowest BCUT2D eigenvalue weighted by Crippen LogP contribution is -2.41. The zero-order valence-corrected chi connectivity index (χ0v) is 15.4. The van der Waals surface area contributed by atoms with Crippen molar-refractivity contribution in [3.05, 3.63) is 53.4 Å². The lowest BCUT2D eigenvalue weighted by Gasteiger charge is -2.25. The van der Waals surface area contributed by atoms with E-state index in [-0.39, 0.29) is 17.8 Å². The number of hydrogen-bond donors (Lipinski definition) is 1. The second kappa shape index (κ2) is 6.85. The Labute approximate surface area is 161 Å². The van der Waals surface area contributed by atoms with Gasteiger partial charge in [-0.25, -0.2) is 4.39 Å². The second-order valence-corrected chi connectivity index (χ2v) is 7.45. The van der Waals surface area contributed by atoms with E-state index in [0.717, 1.165) is 55.7 Å². The summed E-state index contributed by atoms with van der Waals surface area (Å²) in [5.41, 5.74) is 2.54. The number of aryl methyl sites for hydroxylation is 2. The maximum atomic E-state index is 13.2. The Kier molecular flexibility index (Phi) is 4.18. The van der Waals surface area contributed by atoms with E-state index < -0.39 is 0 Å². The van der Waals surface area contributed by atoms with E-state index in [2.05, 4.69) is 20.6 Å². The van der Waals surface area contributed by atoms with Crippen molar-refractivity contribution in [1.29, 1.82) is 0 Å². The van der Waals surface area contributed by atoms with E-state index >= 15 is 0 Å². The number of halogens is 1. The standard InChI is InChI=1S/C20H21FN6O/c21-14-6-4-13(5-7-14)19-25-24-18-9-8-15(12-26(18)19)23-20(28)16-11-22-27-10-2-1-3-17(16)27/h4-7,11,15H,1-3,8-10,12H2,(H,23,28). The second-order valence-electron chi connectivity index (χ2n) is 7.45. The topological polar surface area (TPSA) is 77.6 Å². The molecule has 0 bridgehead atoms. The summed E-state index contributed by atoms with van der Waals surface area (Å²) in [4.78, 5) is 12.8. The van der Waals surface area contributed by atoms with E-state index in [1.807, 2.05) is 9.25 Å². The van der Waals surface area contributed by atoms with Crippen LogP contribution in [0.1, 0.15) is 41.1 Å². The molecule has 5 rings (SSSR count). The minimum Gasteiger partial charge on any atom is -0.347 e. The van der Waals surface area contributed by atoms with E-state index in [9.17, 15) is 9.18 Å². The molecule has 1 atom stereocenters. The summed E-state index contributed by atoms with van der Waals surface area (Å²) in [6.45, 7) is 1.49. The number of nitrogens with one attached hydrogen (secondary N) is 1. The zero-order valence-electron chi connectivity index (χ0n) is 15.4. The summed E-state index contributed by atoms with van der Waals surface area (Å²) < 4.78 is 17.2. The number of carbonyl (C=O) groups excluding carboxylic acids is 1. The molecule has 2 aliphatic rings. The highest BCUT2D eigenvalue weighted by Gasteiger charge is 2.27. The van der Waals surface area contributed by atoms with Gasteiger partial charge in [-0.2, -0.15) is 5.10 Å². The van der Waals surface area contributed by atoms with E-state index in [1.165, 1.54) is 12.1 Å². The first-order valence-electron chi connectivity index (χ1n) is 9.72. The van der Waals surface area contributed by atoms with E-state index in [4.69, 9.17) is 0 Å². The number of fused-ring (bicyclic) bond motifs is 2. The minimum atomic E-state index is -0.281. The molecule has 2 aliphatic heterocycles. The summed E-state index contributed by atoms with van der Waals surface area (Å²) in [5.74, 6) is 1.26. The Balaban J connectivity index is 1.35. The van der Waals surface area contributed by atoms with Crippen molar-refractivity contribution in [2.45, 2.75) is 51.2 Å². The molecule has 1 unspecified atom stereocenters. The highest BCUT2D eigenvalue weighted by Crippen LogP contribution is 2.24. The van der Waals surface area contributed by atoms with Crippen molar-refractivity contribution in [1.82, 2.24) is 29.9 Å². The van der Waals surface area contributed by atoms with Crippen LogP contribution in [0.15, 0.2) is 30.5 Å². The fourth-order valence-corrected chi connectivity index (χ4v) is 4.13. The van der Waals surface area contributed by atoms with Crippen LogP contribution >= 0.6 is 0 Å². The Morgan fingerprint density at radius 1 is 1.14 bits per heavy atom. The van der Waals surface area contributed by atoms with Gasteiger partial charge >= 0.3 is 0 Å². The Bertz CT molecular complexity index is 1020. The van der Waals surface area contributed by atoms with Crippen molar-refractivity contribution in [3.63, 3.8) is 0 Å². The summed E-state index contributed by atoms with van der Waals surface area (Å²) in [5, 5.41) is 16.1. The van der Waals surface area contributed by atoms with Crippen molar-refractivity contribution >= 4 is 5.91 Å². The number of aromatic nitrogens is 5. The van der Waals surface area contributed by atoms with Crippen LogP contribution < -0.4 is 5.32 Å². The number of amides is 1. The lowest BCUT2D eigenvalue weighted by atomic mass is 10.0. The fraction of sp³-hybridized carbons (Fsp3) is 0.400. The van der Waals surface area contributed by atoms with Gasteiger partial charge in [-0.05, 0) is 49.9 Å². The summed E-state index contributed by atoms with van der Waals surface area (Å²) in [6, 6.07) is 6.24. The van der Waals surface area contributed by atoms with Crippen LogP contribution in [-0.2, 0) is 25.9 Å². The Morgan fingerprint density at radius 2 is 2.00 bits per heavy atom. The smallest absolute Gasteiger partial charge is 0.255 e. The van der Waals surface area contributed by atoms with Crippen LogP contribution in [0.4, 0.5) is 4.39 Å². The number of benzene rings is 1. The monoisotopic (exact) mass is 380 g/mol. The molecule has 2 aromatic heterocycles. The van der Waals surface area contributed by atoms with Crippen LogP contribution in [0.5, 0.6) is 0 Å². The van der Waals surface area contributed by atoms with Crippen LogP contribution in [-0.4, -0.2) is 36.5 Å². The first-order chi connectivity index (χ1) is 13.7. The van der Waals surface area contributed by atoms with Gasteiger partial charge < -0.3 is 9.88 Å². The van der Waals surface area contributed by atoms with Gasteiger partial charge in [0.1, 0.15) is 11.6 Å². The molecule has 144 valence electrons. The molecule has 0 spiro atoms. The van der Waals surface area contributed by atoms with Crippen molar-refractivity contribution in [3.8, 4) is 11.4 Å². The number of carbonyl (C=O) groups is 1. The third kappa shape index (κ3) is 2.98. The van der Waals surface area contributed by atoms with E-state index in [0.29, 0.717) is 17.9 Å². The van der Waals surface area contributed by atoms with Crippen LogP contribution in [0.25, 0.3) is 11.4 Å². The van der Waals surface area contributed by atoms with Crippen molar-refractivity contribution < 1.29 is 9.18 Å². The first kappa shape index (κ1) is 17.1. The minimum absolute atomic E-state index is 0.00524. The van der Waals surface area contributed by atoms with Crippen LogP contribution in [0.3, 0.4) is 0 Å². The summed E-state index contributed by atoms with van der Waals surface area (Å²) >= 11 is 0. The number of rotatable bonds is 3. The molecule has 1 N–H and O–H groups in total. The molecule has 0 saturated heterocycles. The Hall–Kier alpha value is -3.03. The molecular weight excluding hydrogens is 359 g/mol. The van der Waals surface area contributed by atoms with Gasteiger partial charge in [-0.1, -0.05) is 0 Å². The predicted octanol–water partition coefficient (Wildman–Crippen LogP) is 2.36. The number of nitrogens with zero attached hydrogens (tertiary/aromatic N) is 5. The maximum Gasteiger partial charge on any atom is 0.255 e. The molecule has 1 aromatic carbocycles. The first-order valence-corrected chi connectivity index (χ1v) is 9.72. The van der Waals surface area contributed by atoms with Gasteiger partial charge in [0.2, 0.25) is 0 Å². The van der Waals surface area contributed by atoms with Crippen LogP contribution in [0, 0.1) is 5.82 Å².